The van der Waals surface area contributed by atoms with E-state index in [-0.39, 0.29) is 44.0 Å². The quantitative estimate of drug-likeness (QED) is 0.199. The molecule has 328 valence electrons. The molecule has 2 aromatic rings. The van der Waals surface area contributed by atoms with Crippen LogP contribution in [0, 0.1) is 29.1 Å². The third-order valence-electron chi connectivity index (χ3n) is 13.7. The smallest absolute Gasteiger partial charge is 0.307 e. The summed E-state index contributed by atoms with van der Waals surface area (Å²) in [5.41, 5.74) is -2.68. The lowest BCUT2D eigenvalue weighted by Crippen LogP contribution is -2.49. The van der Waals surface area contributed by atoms with Gasteiger partial charge in [0.2, 0.25) is 33.6 Å². The Morgan fingerprint density at radius 1 is 1.08 bits per heavy atom. The van der Waals surface area contributed by atoms with Crippen LogP contribution in [0.25, 0.3) is 10.8 Å². The average molecular weight is 860 g/mol. The number of aromatic nitrogens is 1. The zero-order chi connectivity index (χ0) is 43.4. The fraction of sp³-hybridized carbons (Fsp3) is 0.659. The van der Waals surface area contributed by atoms with E-state index in [4.69, 9.17) is 19.2 Å². The number of carbonyl (C=O) groups excluding carboxylic acids is 4. The second kappa shape index (κ2) is 16.2. The molecular formula is C44H56F3N3O9S. The van der Waals surface area contributed by atoms with Gasteiger partial charge in [0.1, 0.15) is 17.5 Å². The van der Waals surface area contributed by atoms with Gasteiger partial charge in [-0.3, -0.25) is 23.9 Å². The summed E-state index contributed by atoms with van der Waals surface area (Å²) >= 11 is 0. The number of pyridine rings is 1. The molecule has 0 bridgehead atoms. The van der Waals surface area contributed by atoms with Gasteiger partial charge in [-0.15, -0.1) is 0 Å². The number of ketones is 1. The van der Waals surface area contributed by atoms with Crippen molar-refractivity contribution in [2.45, 2.75) is 134 Å². The van der Waals surface area contributed by atoms with Crippen molar-refractivity contribution in [3.05, 3.63) is 42.0 Å². The van der Waals surface area contributed by atoms with Crippen LogP contribution in [0.2, 0.25) is 0 Å². The molecule has 12 nitrogen and oxygen atoms in total. The number of aryl methyl sites for hydroxylation is 1. The van der Waals surface area contributed by atoms with E-state index in [9.17, 15) is 40.8 Å². The molecule has 0 unspecified atom stereocenters. The number of hydrogen-bond acceptors (Lipinski definition) is 10. The number of halogens is 3. The number of nitrogens with zero attached hydrogens (tertiary/aromatic N) is 2. The molecule has 3 fully saturated rings. The van der Waals surface area contributed by atoms with E-state index in [1.54, 1.807) is 0 Å². The first-order valence-electron chi connectivity index (χ1n) is 21.1. The molecule has 7 rings (SSSR count). The number of nitrogens with one attached hydrogen (secondary N) is 1. The molecule has 1 saturated heterocycles. The minimum Gasteiger partial charge on any atom is -0.477 e. The van der Waals surface area contributed by atoms with Gasteiger partial charge in [-0.2, -0.15) is 4.98 Å². The number of hydrogen-bond donors (Lipinski definition) is 1. The maximum Gasteiger partial charge on any atom is 0.307 e. The number of Topliss-reactive ketones (excluding diaryl/α,β-unsaturated/α-hetero) is 1. The van der Waals surface area contributed by atoms with Gasteiger partial charge in [0.15, 0.2) is 11.4 Å². The van der Waals surface area contributed by atoms with Gasteiger partial charge in [0.25, 0.3) is 5.92 Å². The monoisotopic (exact) mass is 859 g/mol. The van der Waals surface area contributed by atoms with E-state index >= 15 is 0 Å². The van der Waals surface area contributed by atoms with E-state index in [0.717, 1.165) is 37.6 Å². The highest BCUT2D eigenvalue weighted by Gasteiger charge is 2.63. The molecule has 5 aliphatic rings. The normalized spacial score (nSPS) is 30.1. The lowest BCUT2D eigenvalue weighted by Gasteiger charge is -2.34. The summed E-state index contributed by atoms with van der Waals surface area (Å²) in [4.78, 5) is 63.3. The van der Waals surface area contributed by atoms with Gasteiger partial charge in [-0.05, 0) is 94.4 Å². The first-order chi connectivity index (χ1) is 28.2. The largest absolute Gasteiger partial charge is 0.477 e. The minimum atomic E-state index is -4.39. The molecule has 4 heterocycles. The zero-order valence-electron chi connectivity index (χ0n) is 34.9. The number of sulfonamides is 1. The third-order valence-corrected chi connectivity index (χ3v) is 15.8. The maximum absolute atomic E-state index is 15.0. The predicted molar refractivity (Wildman–Crippen MR) is 215 cm³/mol. The van der Waals surface area contributed by atoms with Crippen molar-refractivity contribution in [3.8, 4) is 11.8 Å². The molecule has 2 aliphatic carbocycles. The first-order valence-corrected chi connectivity index (χ1v) is 22.6. The number of alkyl halides is 3. The fourth-order valence-electron chi connectivity index (χ4n) is 9.13. The summed E-state index contributed by atoms with van der Waals surface area (Å²) < 4.78 is 87.6. The van der Waals surface area contributed by atoms with Crippen LogP contribution in [0.15, 0.2) is 36.4 Å². The summed E-state index contributed by atoms with van der Waals surface area (Å²) in [7, 11) is -4.39. The van der Waals surface area contributed by atoms with E-state index in [1.807, 2.05) is 50.3 Å². The van der Waals surface area contributed by atoms with Gasteiger partial charge in [0.05, 0.1) is 36.9 Å². The summed E-state index contributed by atoms with van der Waals surface area (Å²) in [6.07, 6.45) is 5.65. The Bertz CT molecular complexity index is 2170. The lowest BCUT2D eigenvalue weighted by atomic mass is 9.82. The van der Waals surface area contributed by atoms with Crippen molar-refractivity contribution in [2.75, 3.05) is 19.8 Å². The Kier molecular flexibility index (Phi) is 11.9. The third kappa shape index (κ3) is 8.50. The fourth-order valence-corrected chi connectivity index (χ4v) is 10.6. The van der Waals surface area contributed by atoms with Gasteiger partial charge in [-0.25, -0.2) is 21.6 Å². The number of benzene rings is 1. The molecular weight excluding hydrogens is 804 g/mol. The summed E-state index contributed by atoms with van der Waals surface area (Å²) in [6.45, 7) is 5.92. The number of rotatable bonds is 10. The number of allylic oxidation sites excluding steroid dienone is 2. The van der Waals surface area contributed by atoms with Crippen LogP contribution in [0.5, 0.6) is 11.8 Å². The van der Waals surface area contributed by atoms with Gasteiger partial charge in [0, 0.05) is 30.7 Å². The van der Waals surface area contributed by atoms with Gasteiger partial charge in [-0.1, -0.05) is 44.2 Å². The topological polar surface area (TPSA) is 158 Å². The van der Waals surface area contributed by atoms with Crippen molar-refractivity contribution in [1.82, 2.24) is 14.6 Å². The number of fused-ring (bicyclic) bond motifs is 5. The minimum absolute atomic E-state index is 0.0168. The van der Waals surface area contributed by atoms with E-state index in [1.165, 1.54) is 4.90 Å². The molecule has 16 heteroatoms. The molecule has 7 atom stereocenters. The zero-order valence-corrected chi connectivity index (χ0v) is 35.8. The second-order valence-electron chi connectivity index (χ2n) is 18.5. The highest BCUT2D eigenvalue weighted by molar-refractivity contribution is 7.91. The Labute approximate surface area is 349 Å². The molecule has 0 radical (unpaired) electrons. The van der Waals surface area contributed by atoms with Crippen LogP contribution in [0.3, 0.4) is 0 Å². The van der Waals surface area contributed by atoms with Crippen molar-refractivity contribution in [1.29, 1.82) is 0 Å². The standard InChI is InChI=1S/C44H56F3N3O9S/c1-26-11-6-7-12-28-22-44(28,40(54)49-60(55,56)43(25-45)16-17-43)23-35(51)34-20-29(58-38-32-14-9-8-13-30(32)31-15-10-18-57-37(31)48-38)24-50(34)39(53)33(27(2)19-26)21-36(52)59-41(3,4)42(5,46)47/h7-9,12-14,26-29,33-34H,6,10-11,15-25H2,1-5H3,(H,49,54)/b12-7-/t26-,27-,28-,29-,33+,34+,44-/m1/s1. The summed E-state index contributed by atoms with van der Waals surface area (Å²) in [5, 5.41) is 1.62. The molecule has 1 aromatic heterocycles. The first kappa shape index (κ1) is 43.9. The van der Waals surface area contributed by atoms with Crippen LogP contribution < -0.4 is 14.2 Å². The van der Waals surface area contributed by atoms with E-state index < -0.39 is 105 Å². The number of esters is 1. The molecule has 1 aromatic carbocycles. The molecule has 3 aliphatic heterocycles. The van der Waals surface area contributed by atoms with Crippen molar-refractivity contribution >= 4 is 44.4 Å². The predicted octanol–water partition coefficient (Wildman–Crippen LogP) is 6.82. The molecule has 2 amide bonds. The van der Waals surface area contributed by atoms with E-state index in [2.05, 4.69) is 4.72 Å². The maximum atomic E-state index is 15.0. The van der Waals surface area contributed by atoms with Crippen LogP contribution >= 0.6 is 0 Å². The molecule has 2 saturated carbocycles. The number of amides is 2. The van der Waals surface area contributed by atoms with E-state index in [0.29, 0.717) is 44.1 Å². The molecule has 60 heavy (non-hydrogen) atoms. The van der Waals surface area contributed by atoms with Crippen LogP contribution in [-0.2, 0) is 40.4 Å². The highest BCUT2D eigenvalue weighted by Crippen LogP contribution is 2.58. The highest BCUT2D eigenvalue weighted by atomic mass is 32.2. The molecule has 0 spiro atoms. The van der Waals surface area contributed by atoms with Crippen molar-refractivity contribution in [3.63, 3.8) is 0 Å². The average Bonchev–Trinajstić information content (AvgIpc) is 4.09. The summed E-state index contributed by atoms with van der Waals surface area (Å²) in [6, 6.07) is 6.41. The second-order valence-corrected chi connectivity index (χ2v) is 20.6. The summed E-state index contributed by atoms with van der Waals surface area (Å²) in [5.74, 6) is -7.60. The number of carbonyl (C=O) groups is 4. The Hall–Kier alpha value is -4.21. The Balaban J connectivity index is 1.24. The van der Waals surface area contributed by atoms with Crippen molar-refractivity contribution < 1.29 is 55.0 Å². The van der Waals surface area contributed by atoms with Crippen LogP contribution in [-0.4, -0.2) is 90.1 Å². The van der Waals surface area contributed by atoms with Gasteiger partial charge >= 0.3 is 5.97 Å². The Morgan fingerprint density at radius 3 is 2.48 bits per heavy atom. The number of ether oxygens (including phenoxy) is 3. The SMILES string of the molecule is C[C@@H]1CC/C=C\[C@@H]2C[C@@]2(C(=O)NS(=O)(=O)C2(CF)CC2)CC(=O)[C@@H]2C[C@@H](Oc3nc4c(c5ccccc35)CCCO4)CN2C(=O)[C@@H](CC(=O)OC(C)(C)C(C)(F)F)[C@H](C)C1. The van der Waals surface area contributed by atoms with Gasteiger partial charge < -0.3 is 19.1 Å². The van der Waals surface area contributed by atoms with Crippen molar-refractivity contribution in [2.24, 2.45) is 29.1 Å². The van der Waals surface area contributed by atoms with Crippen LogP contribution in [0.1, 0.15) is 104 Å². The lowest BCUT2D eigenvalue weighted by molar-refractivity contribution is -0.197. The Morgan fingerprint density at radius 2 is 1.80 bits per heavy atom. The molecule has 1 N–H and O–H groups in total. The van der Waals surface area contributed by atoms with Crippen LogP contribution in [0.4, 0.5) is 13.2 Å².